The third-order valence-corrected chi connectivity index (χ3v) is 5.68. The number of hydrogen-bond donors (Lipinski definition) is 2. The molecule has 1 unspecified atom stereocenters. The number of nitrogens with zero attached hydrogens (tertiary/aromatic N) is 2. The van der Waals surface area contributed by atoms with Crippen LogP contribution in [0.1, 0.15) is 46.0 Å². The number of carbonyl (C=O) groups is 1. The maximum absolute atomic E-state index is 12.0. The van der Waals surface area contributed by atoms with Crippen LogP contribution in [0.5, 0.6) is 0 Å². The number of guanidine groups is 1. The van der Waals surface area contributed by atoms with Crippen LogP contribution in [0.4, 0.5) is 0 Å². The fourth-order valence-electron chi connectivity index (χ4n) is 2.91. The van der Waals surface area contributed by atoms with E-state index < -0.39 is 0 Å². The zero-order valence-electron chi connectivity index (χ0n) is 17.1. The number of furan rings is 1. The number of benzene rings is 1. The van der Waals surface area contributed by atoms with E-state index in [4.69, 9.17) is 9.15 Å². The minimum atomic E-state index is -0.325. The number of rotatable bonds is 7. The van der Waals surface area contributed by atoms with Gasteiger partial charge in [0.2, 0.25) is 0 Å². The quantitative estimate of drug-likeness (QED) is 0.347. The SMILES string of the molecule is CCOC(=O)c1sc(C(C)NC(=NC)NCCc2cc3ccccc3o2)nc1C. The van der Waals surface area contributed by atoms with Crippen LogP contribution in [0.25, 0.3) is 11.0 Å². The molecule has 3 rings (SSSR count). The average molecular weight is 415 g/mol. The average Bonchev–Trinajstić information content (AvgIpc) is 3.30. The Morgan fingerprint density at radius 3 is 2.90 bits per heavy atom. The number of aromatic nitrogens is 1. The van der Waals surface area contributed by atoms with Crippen molar-refractivity contribution in [2.45, 2.75) is 33.2 Å². The van der Waals surface area contributed by atoms with E-state index >= 15 is 0 Å². The minimum absolute atomic E-state index is 0.0979. The van der Waals surface area contributed by atoms with Gasteiger partial charge in [0.15, 0.2) is 5.96 Å². The lowest BCUT2D eigenvalue weighted by Crippen LogP contribution is -2.39. The Hall–Kier alpha value is -2.87. The molecular weight excluding hydrogens is 388 g/mol. The summed E-state index contributed by atoms with van der Waals surface area (Å²) in [4.78, 5) is 21.3. The summed E-state index contributed by atoms with van der Waals surface area (Å²) in [5.41, 5.74) is 1.58. The van der Waals surface area contributed by atoms with Crippen LogP contribution >= 0.6 is 11.3 Å². The fourth-order valence-corrected chi connectivity index (χ4v) is 3.88. The summed E-state index contributed by atoms with van der Waals surface area (Å²) >= 11 is 1.35. The summed E-state index contributed by atoms with van der Waals surface area (Å²) in [5, 5.41) is 8.52. The largest absolute Gasteiger partial charge is 0.462 e. The van der Waals surface area contributed by atoms with Crippen LogP contribution in [0.3, 0.4) is 0 Å². The Kier molecular flexibility index (Phi) is 6.87. The van der Waals surface area contributed by atoms with Gasteiger partial charge >= 0.3 is 5.97 Å². The molecule has 0 spiro atoms. The molecule has 0 saturated heterocycles. The molecule has 2 aromatic heterocycles. The standard InChI is InChI=1S/C21H26N4O3S/c1-5-27-20(26)18-13(2)24-19(29-18)14(3)25-21(22-4)23-11-10-16-12-15-8-6-7-9-17(15)28-16/h6-9,12,14H,5,10-11H2,1-4H3,(H2,22,23,25). The molecule has 1 atom stereocenters. The molecule has 154 valence electrons. The summed E-state index contributed by atoms with van der Waals surface area (Å²) in [6.07, 6.45) is 0.743. The molecule has 8 heteroatoms. The van der Waals surface area contributed by atoms with Gasteiger partial charge in [0, 0.05) is 25.4 Å². The van der Waals surface area contributed by atoms with Crippen molar-refractivity contribution in [1.82, 2.24) is 15.6 Å². The van der Waals surface area contributed by atoms with Crippen molar-refractivity contribution < 1.29 is 13.9 Å². The number of ether oxygens (including phenoxy) is 1. The second kappa shape index (κ2) is 9.56. The van der Waals surface area contributed by atoms with Gasteiger partial charge in [-0.25, -0.2) is 9.78 Å². The second-order valence-electron chi connectivity index (χ2n) is 6.55. The molecule has 7 nitrogen and oxygen atoms in total. The summed E-state index contributed by atoms with van der Waals surface area (Å²) in [6, 6.07) is 9.94. The highest BCUT2D eigenvalue weighted by atomic mass is 32.1. The predicted octanol–water partition coefficient (Wildman–Crippen LogP) is 3.84. The zero-order chi connectivity index (χ0) is 20.8. The first-order valence-corrected chi connectivity index (χ1v) is 10.4. The molecule has 0 fully saturated rings. The number of carbonyl (C=O) groups excluding carboxylic acids is 1. The highest BCUT2D eigenvalue weighted by Gasteiger charge is 2.20. The molecule has 3 aromatic rings. The fraction of sp³-hybridized carbons (Fsp3) is 0.381. The van der Waals surface area contributed by atoms with E-state index in [2.05, 4.69) is 26.7 Å². The van der Waals surface area contributed by atoms with Crippen molar-refractivity contribution in [3.63, 3.8) is 0 Å². The number of fused-ring (bicyclic) bond motifs is 1. The summed E-state index contributed by atoms with van der Waals surface area (Å²) in [6.45, 7) is 6.62. The van der Waals surface area contributed by atoms with Crippen LogP contribution in [-0.4, -0.2) is 37.1 Å². The normalized spacial score (nSPS) is 12.8. The molecule has 2 heterocycles. The van der Waals surface area contributed by atoms with Crippen LogP contribution in [0, 0.1) is 6.92 Å². The van der Waals surface area contributed by atoms with Gasteiger partial charge in [-0.15, -0.1) is 11.3 Å². The van der Waals surface area contributed by atoms with Gasteiger partial charge in [0.25, 0.3) is 0 Å². The molecule has 0 aliphatic rings. The molecule has 0 aliphatic carbocycles. The first kappa shape index (κ1) is 20.9. The molecule has 0 amide bonds. The number of para-hydroxylation sites is 1. The molecule has 0 saturated carbocycles. The predicted molar refractivity (Wildman–Crippen MR) is 116 cm³/mol. The van der Waals surface area contributed by atoms with Crippen molar-refractivity contribution in [2.75, 3.05) is 20.2 Å². The van der Waals surface area contributed by atoms with E-state index in [1.807, 2.05) is 38.1 Å². The third-order valence-electron chi connectivity index (χ3n) is 4.36. The molecule has 29 heavy (non-hydrogen) atoms. The summed E-state index contributed by atoms with van der Waals surface area (Å²) in [7, 11) is 1.72. The Bertz CT molecular complexity index is 975. The molecule has 0 bridgehead atoms. The molecule has 2 N–H and O–H groups in total. The number of aliphatic imine (C=N–C) groups is 1. The zero-order valence-corrected chi connectivity index (χ0v) is 17.9. The molecule has 0 aliphatic heterocycles. The lowest BCUT2D eigenvalue weighted by molar-refractivity contribution is 0.0531. The molecule has 0 radical (unpaired) electrons. The van der Waals surface area contributed by atoms with E-state index in [0.29, 0.717) is 29.7 Å². The lowest BCUT2D eigenvalue weighted by atomic mass is 10.2. The first-order chi connectivity index (χ1) is 14.0. The molecular formula is C21H26N4O3S. The van der Waals surface area contributed by atoms with Gasteiger partial charge in [-0.3, -0.25) is 4.99 Å². The maximum atomic E-state index is 12.0. The van der Waals surface area contributed by atoms with Gasteiger partial charge in [-0.05, 0) is 32.9 Å². The second-order valence-corrected chi connectivity index (χ2v) is 7.58. The number of thiazole rings is 1. The van der Waals surface area contributed by atoms with Gasteiger partial charge in [0.1, 0.15) is 21.2 Å². The topological polar surface area (TPSA) is 88.8 Å². The number of aryl methyl sites for hydroxylation is 1. The Labute approximate surface area is 174 Å². The number of esters is 1. The smallest absolute Gasteiger partial charge is 0.350 e. The first-order valence-electron chi connectivity index (χ1n) is 9.61. The van der Waals surface area contributed by atoms with E-state index in [-0.39, 0.29) is 12.0 Å². The van der Waals surface area contributed by atoms with E-state index in [1.54, 1.807) is 14.0 Å². The highest BCUT2D eigenvalue weighted by molar-refractivity contribution is 7.13. The van der Waals surface area contributed by atoms with Crippen LogP contribution < -0.4 is 10.6 Å². The van der Waals surface area contributed by atoms with Crippen molar-refractivity contribution in [3.8, 4) is 0 Å². The monoisotopic (exact) mass is 414 g/mol. The van der Waals surface area contributed by atoms with Gasteiger partial charge < -0.3 is 19.8 Å². The molecule has 1 aromatic carbocycles. The highest BCUT2D eigenvalue weighted by Crippen LogP contribution is 2.24. The Morgan fingerprint density at radius 1 is 1.38 bits per heavy atom. The third kappa shape index (κ3) is 5.14. The van der Waals surface area contributed by atoms with E-state index in [0.717, 1.165) is 28.2 Å². The Morgan fingerprint density at radius 2 is 2.17 bits per heavy atom. The van der Waals surface area contributed by atoms with E-state index in [9.17, 15) is 4.79 Å². The van der Waals surface area contributed by atoms with Crippen molar-refractivity contribution in [1.29, 1.82) is 0 Å². The number of nitrogens with one attached hydrogen (secondary N) is 2. The van der Waals surface area contributed by atoms with Crippen LogP contribution in [0.2, 0.25) is 0 Å². The summed E-state index contributed by atoms with van der Waals surface area (Å²) in [5.74, 6) is 1.27. The van der Waals surface area contributed by atoms with Crippen LogP contribution in [-0.2, 0) is 11.2 Å². The Balaban J connectivity index is 1.55. The minimum Gasteiger partial charge on any atom is -0.462 e. The van der Waals surface area contributed by atoms with Crippen molar-refractivity contribution in [2.24, 2.45) is 4.99 Å². The van der Waals surface area contributed by atoms with E-state index in [1.165, 1.54) is 11.3 Å². The van der Waals surface area contributed by atoms with Gasteiger partial charge in [0.05, 0.1) is 18.3 Å². The van der Waals surface area contributed by atoms with Crippen molar-refractivity contribution >= 4 is 34.2 Å². The van der Waals surface area contributed by atoms with Gasteiger partial charge in [-0.2, -0.15) is 0 Å². The lowest BCUT2D eigenvalue weighted by Gasteiger charge is -2.15. The van der Waals surface area contributed by atoms with Gasteiger partial charge in [-0.1, -0.05) is 18.2 Å². The summed E-state index contributed by atoms with van der Waals surface area (Å²) < 4.78 is 10.9. The van der Waals surface area contributed by atoms with Crippen molar-refractivity contribution in [3.05, 3.63) is 51.7 Å². The van der Waals surface area contributed by atoms with Crippen LogP contribution in [0.15, 0.2) is 39.7 Å². The number of hydrogen-bond acceptors (Lipinski definition) is 6. The maximum Gasteiger partial charge on any atom is 0.350 e.